The van der Waals surface area contributed by atoms with Crippen LogP contribution in [0.2, 0.25) is 0 Å². The number of nitrogens with one attached hydrogen (secondary N) is 1. The zero-order valence-electron chi connectivity index (χ0n) is 9.12. The SMILES string of the molecule is CCCS(=O)(=O)CCNC(C)C1CC1. The summed E-state index contributed by atoms with van der Waals surface area (Å²) >= 11 is 0. The van der Waals surface area contributed by atoms with Gasteiger partial charge in [0.15, 0.2) is 9.84 Å². The van der Waals surface area contributed by atoms with Crippen molar-refractivity contribution in [2.24, 2.45) is 5.92 Å². The van der Waals surface area contributed by atoms with Crippen LogP contribution in [0.15, 0.2) is 0 Å². The monoisotopic (exact) mass is 219 g/mol. The Bertz CT molecular complexity index is 257. The highest BCUT2D eigenvalue weighted by atomic mass is 32.2. The van der Waals surface area contributed by atoms with Crippen LogP contribution in [0.4, 0.5) is 0 Å². The van der Waals surface area contributed by atoms with Gasteiger partial charge in [-0.3, -0.25) is 0 Å². The third kappa shape index (κ3) is 4.42. The van der Waals surface area contributed by atoms with Crippen LogP contribution < -0.4 is 5.32 Å². The predicted molar refractivity (Wildman–Crippen MR) is 59.1 cm³/mol. The molecule has 84 valence electrons. The van der Waals surface area contributed by atoms with Crippen molar-refractivity contribution in [3.63, 3.8) is 0 Å². The van der Waals surface area contributed by atoms with E-state index in [0.717, 1.165) is 12.3 Å². The summed E-state index contributed by atoms with van der Waals surface area (Å²) in [5.74, 6) is 1.41. The minimum Gasteiger partial charge on any atom is -0.313 e. The number of hydrogen-bond donors (Lipinski definition) is 1. The van der Waals surface area contributed by atoms with E-state index in [-0.39, 0.29) is 5.75 Å². The average Bonchev–Trinajstić information content (AvgIpc) is 2.85. The summed E-state index contributed by atoms with van der Waals surface area (Å²) in [6, 6.07) is 0.492. The van der Waals surface area contributed by atoms with E-state index in [1.54, 1.807) is 0 Å². The molecule has 4 heteroatoms. The highest BCUT2D eigenvalue weighted by Crippen LogP contribution is 2.32. The maximum absolute atomic E-state index is 11.4. The fourth-order valence-electron chi connectivity index (χ4n) is 1.62. The lowest BCUT2D eigenvalue weighted by Gasteiger charge is -2.12. The third-order valence-electron chi connectivity index (χ3n) is 2.72. The van der Waals surface area contributed by atoms with Gasteiger partial charge in [-0.1, -0.05) is 6.92 Å². The predicted octanol–water partition coefficient (Wildman–Crippen LogP) is 1.20. The van der Waals surface area contributed by atoms with Crippen LogP contribution in [0.3, 0.4) is 0 Å². The Labute approximate surface area is 87.2 Å². The lowest BCUT2D eigenvalue weighted by molar-refractivity contribution is 0.509. The first-order valence-corrected chi connectivity index (χ1v) is 7.31. The molecule has 0 saturated heterocycles. The second kappa shape index (κ2) is 5.12. The number of hydrogen-bond acceptors (Lipinski definition) is 3. The van der Waals surface area contributed by atoms with Crippen molar-refractivity contribution in [2.75, 3.05) is 18.1 Å². The molecule has 0 aromatic carbocycles. The van der Waals surface area contributed by atoms with Crippen molar-refractivity contribution in [3.05, 3.63) is 0 Å². The van der Waals surface area contributed by atoms with Crippen LogP contribution in [0, 0.1) is 5.92 Å². The molecule has 0 aromatic rings. The first-order chi connectivity index (χ1) is 6.55. The Morgan fingerprint density at radius 1 is 1.36 bits per heavy atom. The molecule has 0 aliphatic heterocycles. The van der Waals surface area contributed by atoms with Gasteiger partial charge in [-0.15, -0.1) is 0 Å². The highest BCUT2D eigenvalue weighted by Gasteiger charge is 2.27. The van der Waals surface area contributed by atoms with Crippen molar-refractivity contribution in [1.82, 2.24) is 5.32 Å². The number of rotatable bonds is 7. The molecule has 3 nitrogen and oxygen atoms in total. The average molecular weight is 219 g/mol. The van der Waals surface area contributed by atoms with Crippen LogP contribution in [0.25, 0.3) is 0 Å². The number of sulfone groups is 1. The molecule has 0 spiro atoms. The van der Waals surface area contributed by atoms with Gasteiger partial charge in [0.1, 0.15) is 0 Å². The Balaban J connectivity index is 2.13. The summed E-state index contributed by atoms with van der Waals surface area (Å²) in [5.41, 5.74) is 0. The van der Waals surface area contributed by atoms with E-state index in [4.69, 9.17) is 0 Å². The second-order valence-electron chi connectivity index (χ2n) is 4.23. The van der Waals surface area contributed by atoms with Crippen molar-refractivity contribution in [1.29, 1.82) is 0 Å². The topological polar surface area (TPSA) is 46.2 Å². The molecule has 1 N–H and O–H groups in total. The molecule has 14 heavy (non-hydrogen) atoms. The molecular weight excluding hydrogens is 198 g/mol. The van der Waals surface area contributed by atoms with Gasteiger partial charge in [-0.25, -0.2) is 8.42 Å². The summed E-state index contributed by atoms with van der Waals surface area (Å²) in [4.78, 5) is 0. The molecule has 1 atom stereocenters. The van der Waals surface area contributed by atoms with E-state index in [1.807, 2.05) is 6.92 Å². The van der Waals surface area contributed by atoms with Gasteiger partial charge in [0.2, 0.25) is 0 Å². The van der Waals surface area contributed by atoms with Gasteiger partial charge < -0.3 is 5.32 Å². The Hall–Kier alpha value is -0.0900. The van der Waals surface area contributed by atoms with Crippen molar-refractivity contribution in [3.8, 4) is 0 Å². The Kier molecular flexibility index (Phi) is 4.38. The summed E-state index contributed by atoms with van der Waals surface area (Å²) in [6.07, 6.45) is 3.33. The maximum atomic E-state index is 11.4. The lowest BCUT2D eigenvalue weighted by atomic mass is 10.2. The molecule has 0 bridgehead atoms. The smallest absolute Gasteiger partial charge is 0.151 e. The fraction of sp³-hybridized carbons (Fsp3) is 1.00. The normalized spacial score (nSPS) is 19.6. The van der Waals surface area contributed by atoms with Crippen LogP contribution in [-0.2, 0) is 9.84 Å². The fourth-order valence-corrected chi connectivity index (χ4v) is 2.87. The quantitative estimate of drug-likeness (QED) is 0.700. The first-order valence-electron chi connectivity index (χ1n) is 5.49. The molecule has 0 radical (unpaired) electrons. The van der Waals surface area contributed by atoms with Crippen LogP contribution >= 0.6 is 0 Å². The summed E-state index contributed by atoms with van der Waals surface area (Å²) in [7, 11) is -2.80. The zero-order valence-corrected chi connectivity index (χ0v) is 9.94. The molecule has 1 aliphatic rings. The highest BCUT2D eigenvalue weighted by molar-refractivity contribution is 7.91. The van der Waals surface area contributed by atoms with Gasteiger partial charge >= 0.3 is 0 Å². The lowest BCUT2D eigenvalue weighted by Crippen LogP contribution is -2.32. The summed E-state index contributed by atoms with van der Waals surface area (Å²) in [6.45, 7) is 4.65. The largest absolute Gasteiger partial charge is 0.313 e. The molecule has 0 heterocycles. The molecule has 1 fully saturated rings. The Morgan fingerprint density at radius 2 is 2.00 bits per heavy atom. The van der Waals surface area contributed by atoms with E-state index >= 15 is 0 Å². The van der Waals surface area contributed by atoms with Crippen molar-refractivity contribution >= 4 is 9.84 Å². The van der Waals surface area contributed by atoms with Gasteiger partial charge in [0, 0.05) is 18.3 Å². The van der Waals surface area contributed by atoms with Crippen molar-refractivity contribution < 1.29 is 8.42 Å². The Morgan fingerprint density at radius 3 is 2.50 bits per heavy atom. The third-order valence-corrected chi connectivity index (χ3v) is 4.58. The second-order valence-corrected chi connectivity index (χ2v) is 6.54. The molecule has 1 rings (SSSR count). The van der Waals surface area contributed by atoms with Crippen LogP contribution in [0.5, 0.6) is 0 Å². The van der Waals surface area contributed by atoms with E-state index in [0.29, 0.717) is 18.3 Å². The minimum absolute atomic E-state index is 0.290. The van der Waals surface area contributed by atoms with E-state index < -0.39 is 9.84 Å². The summed E-state index contributed by atoms with van der Waals surface area (Å²) < 4.78 is 22.7. The van der Waals surface area contributed by atoms with E-state index in [2.05, 4.69) is 12.2 Å². The molecular formula is C10H21NO2S. The van der Waals surface area contributed by atoms with Gasteiger partial charge in [0.25, 0.3) is 0 Å². The standard InChI is InChI=1S/C10H21NO2S/c1-3-7-14(12,13)8-6-11-9(2)10-4-5-10/h9-11H,3-8H2,1-2H3. The maximum Gasteiger partial charge on any atom is 0.151 e. The van der Waals surface area contributed by atoms with E-state index in [9.17, 15) is 8.42 Å². The van der Waals surface area contributed by atoms with Crippen LogP contribution in [0.1, 0.15) is 33.1 Å². The van der Waals surface area contributed by atoms with Crippen LogP contribution in [-0.4, -0.2) is 32.5 Å². The molecule has 0 amide bonds. The zero-order chi connectivity index (χ0) is 10.6. The molecule has 0 aromatic heterocycles. The van der Waals surface area contributed by atoms with Gasteiger partial charge in [-0.2, -0.15) is 0 Å². The summed E-state index contributed by atoms with van der Waals surface area (Å²) in [5, 5.41) is 3.28. The van der Waals surface area contributed by atoms with Crippen molar-refractivity contribution in [2.45, 2.75) is 39.2 Å². The molecule has 1 saturated carbocycles. The van der Waals surface area contributed by atoms with Gasteiger partial charge in [0.05, 0.1) is 5.75 Å². The van der Waals surface area contributed by atoms with Gasteiger partial charge in [-0.05, 0) is 32.1 Å². The minimum atomic E-state index is -2.80. The molecule has 1 aliphatic carbocycles. The molecule has 1 unspecified atom stereocenters. The van der Waals surface area contributed by atoms with E-state index in [1.165, 1.54) is 12.8 Å². The first kappa shape index (κ1) is 12.0.